The Hall–Kier alpha value is -3.95. The van der Waals surface area contributed by atoms with Crippen LogP contribution >= 0.6 is 0 Å². The fourth-order valence-electron chi connectivity index (χ4n) is 5.70. The Labute approximate surface area is 221 Å². The third-order valence-electron chi connectivity index (χ3n) is 7.93. The number of pyridine rings is 1. The van der Waals surface area contributed by atoms with Crippen LogP contribution in [-0.4, -0.2) is 71.7 Å². The predicted octanol–water partition coefficient (Wildman–Crippen LogP) is 3.50. The lowest BCUT2D eigenvalue weighted by Crippen LogP contribution is -2.51. The van der Waals surface area contributed by atoms with Crippen molar-refractivity contribution in [2.24, 2.45) is 5.92 Å². The second kappa shape index (κ2) is 10.4. The Bertz CT molecular complexity index is 1280. The molecule has 3 aromatic rings. The molecule has 1 aliphatic carbocycles. The summed E-state index contributed by atoms with van der Waals surface area (Å²) < 4.78 is 10.7. The monoisotopic (exact) mass is 516 g/mol. The van der Waals surface area contributed by atoms with Crippen LogP contribution in [0.15, 0.2) is 47.1 Å². The molecule has 2 amide bonds. The number of amides is 2. The van der Waals surface area contributed by atoms with Gasteiger partial charge in [-0.1, -0.05) is 18.0 Å². The highest BCUT2D eigenvalue weighted by atomic mass is 16.5. The molecule has 0 bridgehead atoms. The topological polar surface area (TPSA) is 105 Å². The van der Waals surface area contributed by atoms with Gasteiger partial charge in [0.25, 0.3) is 0 Å². The number of carbonyl (C=O) groups excluding carboxylic acids is 2. The number of benzene rings is 1. The summed E-state index contributed by atoms with van der Waals surface area (Å²) in [6, 6.07) is 11.3. The number of piperazine rings is 1. The zero-order valence-electron chi connectivity index (χ0n) is 21.6. The first-order chi connectivity index (χ1) is 18.6. The lowest BCUT2D eigenvalue weighted by Gasteiger charge is -2.36. The van der Waals surface area contributed by atoms with Crippen molar-refractivity contribution in [1.82, 2.24) is 20.0 Å². The predicted molar refractivity (Wildman–Crippen MR) is 141 cm³/mol. The highest BCUT2D eigenvalue weighted by Crippen LogP contribution is 2.34. The molecule has 3 fully saturated rings. The van der Waals surface area contributed by atoms with Gasteiger partial charge in [0, 0.05) is 62.5 Å². The molecule has 2 aromatic heterocycles. The van der Waals surface area contributed by atoms with E-state index in [-0.39, 0.29) is 24.2 Å². The summed E-state index contributed by atoms with van der Waals surface area (Å²) in [6.07, 6.45) is 6.70. The first-order valence-electron chi connectivity index (χ1n) is 13.4. The van der Waals surface area contributed by atoms with E-state index in [1.807, 2.05) is 41.3 Å². The molecule has 1 unspecified atom stereocenters. The lowest BCUT2D eigenvalue weighted by atomic mass is 10.1. The summed E-state index contributed by atoms with van der Waals surface area (Å²) in [7, 11) is 1.61. The minimum Gasteiger partial charge on any atom is -0.497 e. The fourth-order valence-corrected chi connectivity index (χ4v) is 5.70. The first-order valence-corrected chi connectivity index (χ1v) is 13.4. The Kier molecular flexibility index (Phi) is 6.70. The van der Waals surface area contributed by atoms with Gasteiger partial charge >= 0.3 is 0 Å². The summed E-state index contributed by atoms with van der Waals surface area (Å²) >= 11 is 0. The largest absolute Gasteiger partial charge is 0.497 e. The maximum Gasteiger partial charge on any atom is 0.230 e. The molecule has 4 heterocycles. The van der Waals surface area contributed by atoms with Gasteiger partial charge in [0.1, 0.15) is 11.6 Å². The molecule has 38 heavy (non-hydrogen) atoms. The maximum absolute atomic E-state index is 13.2. The van der Waals surface area contributed by atoms with Gasteiger partial charge in [0.2, 0.25) is 23.5 Å². The molecule has 3 aliphatic rings. The second-order valence-corrected chi connectivity index (χ2v) is 10.3. The van der Waals surface area contributed by atoms with Crippen molar-refractivity contribution in [3.05, 3.63) is 48.5 Å². The summed E-state index contributed by atoms with van der Waals surface area (Å²) in [5, 5.41) is 4.16. The molecule has 0 radical (unpaired) electrons. The summed E-state index contributed by atoms with van der Waals surface area (Å²) in [5.74, 6) is 3.00. The van der Waals surface area contributed by atoms with Crippen LogP contribution in [0.2, 0.25) is 0 Å². The van der Waals surface area contributed by atoms with Crippen LogP contribution < -0.4 is 14.5 Å². The smallest absolute Gasteiger partial charge is 0.230 e. The number of methoxy groups -OCH3 is 1. The van der Waals surface area contributed by atoms with E-state index in [1.54, 1.807) is 18.2 Å². The number of hydrogen-bond acceptors (Lipinski definition) is 8. The Morgan fingerprint density at radius 2 is 1.79 bits per heavy atom. The fraction of sp³-hybridized carbons (Fsp3) is 0.464. The van der Waals surface area contributed by atoms with E-state index in [4.69, 9.17) is 9.26 Å². The minimum atomic E-state index is -0.322. The van der Waals surface area contributed by atoms with Crippen LogP contribution in [0.25, 0.3) is 11.4 Å². The Morgan fingerprint density at radius 1 is 1.03 bits per heavy atom. The van der Waals surface area contributed by atoms with E-state index in [2.05, 4.69) is 20.0 Å². The molecule has 2 aliphatic heterocycles. The third-order valence-corrected chi connectivity index (χ3v) is 7.93. The van der Waals surface area contributed by atoms with E-state index in [9.17, 15) is 9.59 Å². The summed E-state index contributed by atoms with van der Waals surface area (Å²) in [5.41, 5.74) is 1.63. The number of rotatable bonds is 6. The average Bonchev–Trinajstić information content (AvgIpc) is 3.74. The second-order valence-electron chi connectivity index (χ2n) is 10.3. The van der Waals surface area contributed by atoms with Gasteiger partial charge in [-0.2, -0.15) is 4.98 Å². The molecular weight excluding hydrogens is 484 g/mol. The SMILES string of the molecule is COc1ccc(N2CC(C(=O)N3CCN(c4ccc(-c5noc(C6CCCC6)n5)cn4)CC3)CC2=O)cc1. The van der Waals surface area contributed by atoms with Crippen molar-refractivity contribution >= 4 is 23.3 Å². The molecule has 1 atom stereocenters. The van der Waals surface area contributed by atoms with E-state index in [1.165, 1.54) is 12.8 Å². The number of aromatic nitrogens is 3. The van der Waals surface area contributed by atoms with Crippen LogP contribution in [0.5, 0.6) is 5.75 Å². The average molecular weight is 517 g/mol. The van der Waals surface area contributed by atoms with Crippen molar-refractivity contribution in [3.8, 4) is 17.1 Å². The molecule has 0 spiro atoms. The van der Waals surface area contributed by atoms with Crippen molar-refractivity contribution in [3.63, 3.8) is 0 Å². The van der Waals surface area contributed by atoms with Gasteiger partial charge in [-0.05, 0) is 49.2 Å². The Morgan fingerprint density at radius 3 is 2.47 bits per heavy atom. The molecule has 10 nitrogen and oxygen atoms in total. The summed E-state index contributed by atoms with van der Waals surface area (Å²) in [6.45, 7) is 2.99. The van der Waals surface area contributed by atoms with E-state index in [0.717, 1.165) is 41.6 Å². The standard InChI is InChI=1S/C28H32N6O4/c1-37-23-9-7-22(8-10-23)34-18-21(16-25(34)35)28(36)33-14-12-32(13-15-33)24-11-6-20(17-29-24)26-30-27(38-31-26)19-4-2-3-5-19/h6-11,17,19,21H,2-5,12-16,18H2,1H3. The first kappa shape index (κ1) is 24.4. The van der Waals surface area contributed by atoms with Crippen molar-refractivity contribution in [2.75, 3.05) is 49.6 Å². The molecular formula is C28H32N6O4. The number of nitrogens with zero attached hydrogens (tertiary/aromatic N) is 6. The van der Waals surface area contributed by atoms with Gasteiger partial charge in [-0.15, -0.1) is 0 Å². The number of anilines is 2. The van der Waals surface area contributed by atoms with Gasteiger partial charge in [-0.3, -0.25) is 9.59 Å². The van der Waals surface area contributed by atoms with Gasteiger partial charge in [0.05, 0.1) is 13.0 Å². The van der Waals surface area contributed by atoms with E-state index >= 15 is 0 Å². The van der Waals surface area contributed by atoms with E-state index < -0.39 is 0 Å². The molecule has 2 saturated heterocycles. The summed E-state index contributed by atoms with van der Waals surface area (Å²) in [4.78, 5) is 40.9. The quantitative estimate of drug-likeness (QED) is 0.490. The zero-order valence-corrected chi connectivity index (χ0v) is 21.6. The molecule has 1 aromatic carbocycles. The van der Waals surface area contributed by atoms with Crippen molar-refractivity contribution < 1.29 is 18.8 Å². The van der Waals surface area contributed by atoms with Crippen LogP contribution in [0.4, 0.5) is 11.5 Å². The van der Waals surface area contributed by atoms with Crippen LogP contribution in [0.3, 0.4) is 0 Å². The van der Waals surface area contributed by atoms with Gasteiger partial charge in [-0.25, -0.2) is 4.98 Å². The van der Waals surface area contributed by atoms with Gasteiger partial charge in [0.15, 0.2) is 0 Å². The molecule has 10 heteroatoms. The van der Waals surface area contributed by atoms with Crippen molar-refractivity contribution in [2.45, 2.75) is 38.0 Å². The zero-order chi connectivity index (χ0) is 26.1. The van der Waals surface area contributed by atoms with Crippen LogP contribution in [-0.2, 0) is 9.59 Å². The highest BCUT2D eigenvalue weighted by Gasteiger charge is 2.38. The maximum atomic E-state index is 13.2. The molecule has 6 rings (SSSR count). The highest BCUT2D eigenvalue weighted by molar-refractivity contribution is 6.00. The molecule has 198 valence electrons. The lowest BCUT2D eigenvalue weighted by molar-refractivity contribution is -0.136. The minimum absolute atomic E-state index is 0.0200. The number of carbonyl (C=O) groups is 2. The van der Waals surface area contributed by atoms with Gasteiger partial charge < -0.3 is 24.0 Å². The molecule has 1 saturated carbocycles. The van der Waals surface area contributed by atoms with Crippen molar-refractivity contribution in [1.29, 1.82) is 0 Å². The normalized spacial score (nSPS) is 20.4. The molecule has 0 N–H and O–H groups in total. The van der Waals surface area contributed by atoms with Crippen LogP contribution in [0.1, 0.15) is 43.9 Å². The number of ether oxygens (including phenoxy) is 1. The third kappa shape index (κ3) is 4.82. The van der Waals surface area contributed by atoms with E-state index in [0.29, 0.717) is 44.5 Å². The number of hydrogen-bond donors (Lipinski definition) is 0. The Balaban J connectivity index is 1.03. The van der Waals surface area contributed by atoms with Crippen LogP contribution in [0, 0.1) is 5.92 Å².